The first-order valence-corrected chi connectivity index (χ1v) is 42.0. The van der Waals surface area contributed by atoms with Crippen molar-refractivity contribution in [2.45, 2.75) is 25.5 Å². The van der Waals surface area contributed by atoms with E-state index in [2.05, 4.69) is 97.9 Å². The Balaban J connectivity index is 0.000000275. The summed E-state index contributed by atoms with van der Waals surface area (Å²) in [5, 5.41) is 39.2. The molecule has 0 saturated carbocycles. The number of carbonyl (C=O) groups excluding carboxylic acids is 1. The number of aliphatic hydroxyl groups is 2. The summed E-state index contributed by atoms with van der Waals surface area (Å²) in [7, 11) is 7.94. The Kier molecular flexibility index (Phi) is 43.6. The number of aldehydes is 1. The summed E-state index contributed by atoms with van der Waals surface area (Å²) >= 11 is 5.30. The molecule has 5 aromatic rings. The zero-order valence-electron chi connectivity index (χ0n) is 51.8. The molecule has 5 aromatic carbocycles. The molecule has 2 atom stereocenters. The molecule has 8 rings (SSSR count). The van der Waals surface area contributed by atoms with Crippen LogP contribution in [0.15, 0.2) is 121 Å². The Labute approximate surface area is 551 Å². The predicted octanol–water partition coefficient (Wildman–Crippen LogP) is 3.13. The van der Waals surface area contributed by atoms with Crippen molar-refractivity contribution in [1.29, 1.82) is 0 Å². The fraction of sp³-hybridized carbons (Fsp3) is 0.508. The monoisotopic (exact) mass is 1570 g/mol. The SMILES string of the molecule is C1CNCCNCCN1.COCOc1ccccc1C(O)N1CCNCCN(C(O)c2ccccc2OCOC)CC1.COCOc1ccccc1C=O.COCOc1ccccc1CN1CCNCCN(Cc2ccccc2OCOC)CC1.I[I-]I. The van der Waals surface area contributed by atoms with Crippen LogP contribution >= 0.6 is 37.2 Å². The molecule has 25 heteroatoms. The minimum absolute atomic E-state index is 0.107. The molecule has 22 nitrogen and oxygen atoms in total. The van der Waals surface area contributed by atoms with Crippen molar-refractivity contribution >= 4 is 43.5 Å². The van der Waals surface area contributed by atoms with E-state index in [1.165, 1.54) is 18.2 Å². The van der Waals surface area contributed by atoms with E-state index in [9.17, 15) is 15.0 Å². The van der Waals surface area contributed by atoms with Crippen LogP contribution in [0.4, 0.5) is 0 Å². The Morgan fingerprint density at radius 2 is 0.705 bits per heavy atom. The van der Waals surface area contributed by atoms with Gasteiger partial charge in [-0.2, -0.15) is 0 Å². The molecule has 3 heterocycles. The summed E-state index contributed by atoms with van der Waals surface area (Å²) in [6, 6.07) is 38.2. The van der Waals surface area contributed by atoms with E-state index in [1.807, 2.05) is 82.6 Å². The number of halogens is 3. The first kappa shape index (κ1) is 76.8. The van der Waals surface area contributed by atoms with Crippen LogP contribution in [0, 0.1) is 0 Å². The molecule has 492 valence electrons. The minimum atomic E-state index is -0.853. The number of hydrogen-bond acceptors (Lipinski definition) is 22. The molecule has 3 fully saturated rings. The number of ether oxygens (including phenoxy) is 10. The third kappa shape index (κ3) is 31.1. The zero-order chi connectivity index (χ0) is 63.1. The van der Waals surface area contributed by atoms with Gasteiger partial charge in [-0.25, -0.2) is 0 Å². The molecular formula is C63H95I3N9O13-. The van der Waals surface area contributed by atoms with Crippen LogP contribution in [-0.2, 0) is 36.8 Å². The number of methoxy groups -OCH3 is 5. The van der Waals surface area contributed by atoms with Crippen LogP contribution < -0.4 is 63.5 Å². The molecule has 3 saturated heterocycles. The summed E-state index contributed by atoms with van der Waals surface area (Å²) in [6.45, 7) is 19.0. The van der Waals surface area contributed by atoms with Gasteiger partial charge in [0.1, 0.15) is 41.2 Å². The van der Waals surface area contributed by atoms with Crippen molar-refractivity contribution in [3.8, 4) is 28.7 Å². The van der Waals surface area contributed by atoms with Crippen LogP contribution in [0.5, 0.6) is 28.7 Å². The molecule has 0 spiro atoms. The normalized spacial score (nSPS) is 16.5. The summed E-state index contributed by atoms with van der Waals surface area (Å²) in [4.78, 5) is 19.4. The van der Waals surface area contributed by atoms with Gasteiger partial charge in [-0.05, 0) is 36.4 Å². The van der Waals surface area contributed by atoms with Gasteiger partial charge in [0.2, 0.25) is 0 Å². The van der Waals surface area contributed by atoms with Crippen molar-refractivity contribution < 1.29 is 75.6 Å². The number of rotatable bonds is 24. The van der Waals surface area contributed by atoms with Gasteiger partial charge >= 0.3 is 50.5 Å². The van der Waals surface area contributed by atoms with E-state index < -0.39 is 12.5 Å². The van der Waals surface area contributed by atoms with E-state index in [1.54, 1.807) is 52.7 Å². The summed E-state index contributed by atoms with van der Waals surface area (Å²) in [5.41, 5.74) is 4.26. The van der Waals surface area contributed by atoms with E-state index >= 15 is 0 Å². The third-order valence-corrected chi connectivity index (χ3v) is 13.7. The fourth-order valence-corrected chi connectivity index (χ4v) is 9.27. The van der Waals surface area contributed by atoms with E-state index in [0.29, 0.717) is 73.4 Å². The van der Waals surface area contributed by atoms with Gasteiger partial charge in [-0.3, -0.25) is 24.4 Å². The van der Waals surface area contributed by atoms with Crippen LogP contribution in [0.1, 0.15) is 45.1 Å². The van der Waals surface area contributed by atoms with Crippen LogP contribution in [0.3, 0.4) is 0 Å². The second-order valence-corrected chi connectivity index (χ2v) is 36.1. The molecular weight excluding hydrogens is 1470 g/mol. The first-order valence-electron chi connectivity index (χ1n) is 29.4. The number of benzene rings is 5. The van der Waals surface area contributed by atoms with Gasteiger partial charge in [-0.15, -0.1) is 0 Å². The molecule has 3 aliphatic rings. The Morgan fingerprint density at radius 1 is 0.409 bits per heavy atom. The molecule has 3 aliphatic heterocycles. The van der Waals surface area contributed by atoms with Crippen molar-refractivity contribution in [3.63, 3.8) is 0 Å². The summed E-state index contributed by atoms with van der Waals surface area (Å²) in [6.07, 6.45) is -0.950. The molecule has 0 aromatic heterocycles. The Morgan fingerprint density at radius 3 is 1.08 bits per heavy atom. The van der Waals surface area contributed by atoms with Crippen molar-refractivity contribution in [1.82, 2.24) is 46.2 Å². The van der Waals surface area contributed by atoms with Gasteiger partial charge in [0, 0.05) is 189 Å². The number of nitrogens with one attached hydrogen (secondary N) is 5. The van der Waals surface area contributed by atoms with E-state index in [-0.39, 0.29) is 34.0 Å². The molecule has 0 radical (unpaired) electrons. The standard InChI is InChI=1S/C24H35N3O6.C24H35N3O4.C9H10O3.C6H15N3.I3/c1-30-17-32-21-9-5-3-7-19(21)23(28)26-13-11-25-12-14-27(16-15-26)24(29)20-8-4-6-10-22(20)33-18-31-2;1-28-19-30-23-9-5-3-7-21(23)17-26-13-11-25-12-14-27(16-15-26)18-22-8-4-6-10-24(22)31-20-29-2;1-11-7-12-9-5-3-2-4-8(9)6-10;1-2-8-5-6-9-4-3-7-1;1-3-2/h3-10,23-25,28-29H,11-18H2,1-2H3;3-10,25H,11-20H2,1-2H3;2-6H,7H2,1H3;7-9H,1-6H2;/q;;;;-1. The molecule has 2 unspecified atom stereocenters. The number of aliphatic hydroxyl groups excluding tert-OH is 2. The second kappa shape index (κ2) is 49.9. The van der Waals surface area contributed by atoms with Crippen molar-refractivity contribution in [2.24, 2.45) is 0 Å². The maximum absolute atomic E-state index is 11.2. The third-order valence-electron chi connectivity index (χ3n) is 13.7. The van der Waals surface area contributed by atoms with Gasteiger partial charge in [0.25, 0.3) is 0 Å². The Bertz CT molecular complexity index is 2400. The second-order valence-electron chi connectivity index (χ2n) is 19.9. The van der Waals surface area contributed by atoms with E-state index in [4.69, 9.17) is 47.4 Å². The van der Waals surface area contributed by atoms with Crippen molar-refractivity contribution in [3.05, 3.63) is 149 Å². The van der Waals surface area contributed by atoms with Gasteiger partial charge in [0.05, 0.1) is 5.56 Å². The average molecular weight is 1570 g/mol. The molecule has 0 bridgehead atoms. The molecule has 0 aliphatic carbocycles. The molecule has 0 amide bonds. The number of para-hydroxylation sites is 5. The quantitative estimate of drug-likeness (QED) is 0.0268. The first-order chi connectivity index (χ1) is 43.2. The zero-order valence-corrected chi connectivity index (χ0v) is 58.2. The van der Waals surface area contributed by atoms with E-state index in [0.717, 1.165) is 123 Å². The van der Waals surface area contributed by atoms with Crippen LogP contribution in [0.2, 0.25) is 0 Å². The maximum atomic E-state index is 11.2. The van der Waals surface area contributed by atoms with Crippen molar-refractivity contribution in [2.75, 3.05) is 187 Å². The fourth-order valence-electron chi connectivity index (χ4n) is 9.27. The van der Waals surface area contributed by atoms with Gasteiger partial charge < -0.3 is 84.2 Å². The summed E-state index contributed by atoms with van der Waals surface area (Å²) < 4.78 is 52.8. The molecule has 7 N–H and O–H groups in total. The number of hydrogen-bond donors (Lipinski definition) is 7. The predicted molar refractivity (Wildman–Crippen MR) is 356 cm³/mol. The average Bonchev–Trinajstić information content (AvgIpc) is 3.98. The van der Waals surface area contributed by atoms with Gasteiger partial charge in [0.15, 0.2) is 40.3 Å². The van der Waals surface area contributed by atoms with Crippen LogP contribution in [-0.4, -0.2) is 223 Å². The topological polar surface area (TPSA) is 223 Å². The number of carbonyl (C=O) groups is 1. The number of nitrogens with zero attached hydrogens (tertiary/aromatic N) is 4. The summed E-state index contributed by atoms with van der Waals surface area (Å²) in [5.74, 6) is 3.49. The molecule has 88 heavy (non-hydrogen) atoms. The van der Waals surface area contributed by atoms with Gasteiger partial charge in [-0.1, -0.05) is 84.9 Å². The van der Waals surface area contributed by atoms with Crippen LogP contribution in [0.25, 0.3) is 0 Å². The Hall–Kier alpha value is -3.68.